The number of ether oxygens (including phenoxy) is 2. The van der Waals surface area contributed by atoms with Crippen LogP contribution in [0.5, 0.6) is 5.75 Å². The Morgan fingerprint density at radius 1 is 1.07 bits per heavy atom. The molecule has 0 aliphatic carbocycles. The first-order chi connectivity index (χ1) is 21.2. The van der Waals surface area contributed by atoms with Gasteiger partial charge in [-0.2, -0.15) is 0 Å². The molecular weight excluding hydrogens is 554 g/mol. The third-order valence-corrected chi connectivity index (χ3v) is 7.41. The Labute approximate surface area is 261 Å². The maximum Gasteiger partial charge on any atom is 0.307 e. The number of carbonyl (C=O) groups excluding carboxylic acids is 2. The van der Waals surface area contributed by atoms with Crippen molar-refractivity contribution in [3.8, 4) is 16.9 Å². The molecule has 44 heavy (non-hydrogen) atoms. The number of amides is 1. The molecule has 0 radical (unpaired) electrons. The van der Waals surface area contributed by atoms with Crippen LogP contribution < -0.4 is 15.6 Å². The Morgan fingerprint density at radius 2 is 1.84 bits per heavy atom. The number of unbranched alkanes of at least 4 members (excludes halogenated alkanes) is 1. The number of carbonyl (C=O) groups is 2. The summed E-state index contributed by atoms with van der Waals surface area (Å²) < 4.78 is 12.6. The number of benzene rings is 2. The quantitative estimate of drug-likeness (QED) is 0.120. The van der Waals surface area contributed by atoms with Crippen LogP contribution in [0.4, 0.5) is 0 Å². The Morgan fingerprint density at radius 3 is 2.55 bits per heavy atom. The van der Waals surface area contributed by atoms with Crippen LogP contribution in [0.2, 0.25) is 0 Å². The molecule has 0 saturated carbocycles. The Balaban J connectivity index is 1.97. The predicted molar refractivity (Wildman–Crippen MR) is 176 cm³/mol. The number of rotatable bonds is 17. The second kappa shape index (κ2) is 17.0. The van der Waals surface area contributed by atoms with E-state index < -0.39 is 24.0 Å². The van der Waals surface area contributed by atoms with Crippen LogP contribution in [0.3, 0.4) is 0 Å². The molecule has 234 valence electrons. The maximum atomic E-state index is 13.8. The molecule has 0 saturated heterocycles. The maximum absolute atomic E-state index is 13.8. The average molecular weight is 600 g/mol. The summed E-state index contributed by atoms with van der Waals surface area (Å²) in [6, 6.07) is 15.4. The summed E-state index contributed by atoms with van der Waals surface area (Å²) in [6.07, 6.45) is 7.84. The summed E-state index contributed by atoms with van der Waals surface area (Å²) in [5.74, 6) is -0.0940. The van der Waals surface area contributed by atoms with Gasteiger partial charge in [-0.25, -0.2) is 0 Å². The number of likely N-dealkylation sites (N-methyl/N-ethyl adjacent to an activating group) is 1. The highest BCUT2D eigenvalue weighted by Crippen LogP contribution is 2.35. The fraction of sp³-hybridized carbons (Fsp3) is 0.361. The second-order valence-electron chi connectivity index (χ2n) is 11.1. The number of aromatic nitrogens is 1. The topological polar surface area (TPSA) is 89.9 Å². The molecule has 1 aromatic heterocycles. The molecule has 0 fully saturated rings. The van der Waals surface area contributed by atoms with Crippen molar-refractivity contribution in [2.75, 3.05) is 34.4 Å². The highest BCUT2D eigenvalue weighted by Gasteiger charge is 2.26. The Kier molecular flexibility index (Phi) is 13.2. The summed E-state index contributed by atoms with van der Waals surface area (Å²) in [5.41, 5.74) is 4.27. The molecule has 0 aliphatic heterocycles. The van der Waals surface area contributed by atoms with E-state index in [9.17, 15) is 14.4 Å². The third-order valence-electron chi connectivity index (χ3n) is 7.41. The van der Waals surface area contributed by atoms with Crippen LogP contribution in [0.15, 0.2) is 90.9 Å². The minimum atomic E-state index is -0.838. The number of nitrogens with zero attached hydrogens (tertiary/aromatic N) is 2. The number of pyridine rings is 1. The Hall–Kier alpha value is -4.43. The lowest BCUT2D eigenvalue weighted by Gasteiger charge is -2.24. The molecule has 1 heterocycles. The van der Waals surface area contributed by atoms with E-state index in [1.165, 1.54) is 17.7 Å². The highest BCUT2D eigenvalue weighted by atomic mass is 16.5. The van der Waals surface area contributed by atoms with Gasteiger partial charge in [-0.05, 0) is 81.1 Å². The number of hydrogen-bond donors (Lipinski definition) is 1. The minimum absolute atomic E-state index is 0.0804. The van der Waals surface area contributed by atoms with Gasteiger partial charge in [0.25, 0.3) is 5.56 Å². The number of methoxy groups -OCH3 is 1. The third kappa shape index (κ3) is 9.54. The van der Waals surface area contributed by atoms with Crippen molar-refractivity contribution in [2.45, 2.75) is 51.1 Å². The molecule has 3 rings (SSSR count). The first kappa shape index (κ1) is 34.1. The van der Waals surface area contributed by atoms with Crippen molar-refractivity contribution in [1.82, 2.24) is 14.8 Å². The van der Waals surface area contributed by atoms with Crippen LogP contribution in [0, 0.1) is 6.92 Å². The van der Waals surface area contributed by atoms with Gasteiger partial charge in [-0.3, -0.25) is 14.4 Å². The predicted octanol–water partition coefficient (Wildman–Crippen LogP) is 5.81. The molecule has 8 nitrogen and oxygen atoms in total. The summed E-state index contributed by atoms with van der Waals surface area (Å²) in [4.78, 5) is 41.4. The monoisotopic (exact) mass is 599 g/mol. The molecular formula is C36H45N3O5. The first-order valence-electron chi connectivity index (χ1n) is 15.0. The van der Waals surface area contributed by atoms with Gasteiger partial charge < -0.3 is 24.3 Å². The van der Waals surface area contributed by atoms with E-state index >= 15 is 0 Å². The van der Waals surface area contributed by atoms with Crippen molar-refractivity contribution >= 4 is 11.9 Å². The summed E-state index contributed by atoms with van der Waals surface area (Å²) in [5, 5.41) is 3.04. The summed E-state index contributed by atoms with van der Waals surface area (Å²) >= 11 is 0. The van der Waals surface area contributed by atoms with E-state index in [0.717, 1.165) is 59.4 Å². The van der Waals surface area contributed by atoms with Crippen LogP contribution in [-0.4, -0.2) is 55.7 Å². The fourth-order valence-electron chi connectivity index (χ4n) is 5.02. The van der Waals surface area contributed by atoms with Gasteiger partial charge in [-0.15, -0.1) is 13.2 Å². The molecule has 1 N–H and O–H groups in total. The zero-order chi connectivity index (χ0) is 32.1. The SMILES string of the molecule is C=CCCCOc1cccc(C)c1-c1cccc([C@H](CC(=O)OC)NC(=O)[C@H](CC=C)n2cc(CCN(C)C)ccc2=O)c1. The fourth-order valence-corrected chi connectivity index (χ4v) is 5.02. The number of hydrogen-bond acceptors (Lipinski definition) is 6. The lowest BCUT2D eigenvalue weighted by Crippen LogP contribution is -2.39. The summed E-state index contributed by atoms with van der Waals surface area (Å²) in [7, 11) is 5.29. The van der Waals surface area contributed by atoms with Crippen LogP contribution in [-0.2, 0) is 20.7 Å². The molecule has 0 unspecified atom stereocenters. The van der Waals surface area contributed by atoms with Gasteiger partial charge in [-0.1, -0.05) is 48.6 Å². The second-order valence-corrected chi connectivity index (χ2v) is 11.1. The van der Waals surface area contributed by atoms with E-state index in [1.54, 1.807) is 18.3 Å². The number of nitrogens with one attached hydrogen (secondary N) is 1. The van der Waals surface area contributed by atoms with E-state index in [0.29, 0.717) is 6.61 Å². The molecule has 3 aromatic rings. The van der Waals surface area contributed by atoms with E-state index in [2.05, 4.69) is 23.4 Å². The van der Waals surface area contributed by atoms with Gasteiger partial charge in [0.2, 0.25) is 5.91 Å². The number of allylic oxidation sites excluding steroid dienone is 2. The van der Waals surface area contributed by atoms with Gasteiger partial charge in [0.15, 0.2) is 0 Å². The lowest BCUT2D eigenvalue weighted by atomic mass is 9.94. The minimum Gasteiger partial charge on any atom is -0.493 e. The molecule has 0 aliphatic rings. The first-order valence-corrected chi connectivity index (χ1v) is 15.0. The zero-order valence-corrected chi connectivity index (χ0v) is 26.4. The molecule has 8 heteroatoms. The van der Waals surface area contributed by atoms with Crippen LogP contribution in [0.1, 0.15) is 54.5 Å². The Bertz CT molecular complexity index is 1490. The van der Waals surface area contributed by atoms with Gasteiger partial charge >= 0.3 is 5.97 Å². The smallest absolute Gasteiger partial charge is 0.307 e. The van der Waals surface area contributed by atoms with Crippen LogP contribution >= 0.6 is 0 Å². The number of aryl methyl sites for hydroxylation is 1. The van der Waals surface area contributed by atoms with Crippen molar-refractivity contribution in [2.24, 2.45) is 0 Å². The lowest BCUT2D eigenvalue weighted by molar-refractivity contribution is -0.141. The van der Waals surface area contributed by atoms with Crippen molar-refractivity contribution in [3.63, 3.8) is 0 Å². The van der Waals surface area contributed by atoms with E-state index in [4.69, 9.17) is 9.47 Å². The molecule has 2 aromatic carbocycles. The highest BCUT2D eigenvalue weighted by molar-refractivity contribution is 5.82. The van der Waals surface area contributed by atoms with Gasteiger partial charge in [0.05, 0.1) is 26.2 Å². The molecule has 1 amide bonds. The van der Waals surface area contributed by atoms with Gasteiger partial charge in [0.1, 0.15) is 11.8 Å². The molecule has 0 bridgehead atoms. The molecule has 0 spiro atoms. The molecule has 2 atom stereocenters. The normalized spacial score (nSPS) is 12.3. The van der Waals surface area contributed by atoms with Crippen molar-refractivity contribution in [1.29, 1.82) is 0 Å². The van der Waals surface area contributed by atoms with Crippen LogP contribution in [0.25, 0.3) is 11.1 Å². The van der Waals surface area contributed by atoms with Gasteiger partial charge in [0, 0.05) is 24.4 Å². The van der Waals surface area contributed by atoms with Crippen molar-refractivity contribution < 1.29 is 19.1 Å². The average Bonchev–Trinajstić information content (AvgIpc) is 3.01. The summed E-state index contributed by atoms with van der Waals surface area (Å²) in [6.45, 7) is 11.0. The largest absolute Gasteiger partial charge is 0.493 e. The standard InChI is InChI=1S/C36H45N3O5/c1-7-9-10-22-44-32-17-11-14-26(3)35(32)29-16-12-15-28(23-29)30(24-34(41)43-6)37-36(42)31(13-8-2)39-25-27(18-19-33(39)40)20-21-38(4)5/h7-8,11-12,14-19,23,25,30-31H,1-2,9-10,13,20-22,24H2,3-6H3,(H,37,42)/t30-,31-/m0/s1. The van der Waals surface area contributed by atoms with Crippen molar-refractivity contribution in [3.05, 3.63) is 113 Å². The van der Waals surface area contributed by atoms with E-state index in [1.807, 2.05) is 69.6 Å². The van der Waals surface area contributed by atoms with E-state index in [-0.39, 0.29) is 18.4 Å². The zero-order valence-electron chi connectivity index (χ0n) is 26.4. The number of esters is 1.